The van der Waals surface area contributed by atoms with Crippen LogP contribution in [-0.4, -0.2) is 13.1 Å². The first-order chi connectivity index (χ1) is 9.37. The molecule has 0 fully saturated rings. The third-order valence-corrected chi connectivity index (χ3v) is 4.55. The summed E-state index contributed by atoms with van der Waals surface area (Å²) < 4.78 is 0. The first kappa shape index (κ1) is 15.1. The van der Waals surface area contributed by atoms with E-state index in [4.69, 9.17) is 0 Å². The molecule has 1 aliphatic rings. The van der Waals surface area contributed by atoms with E-state index in [1.165, 1.54) is 24.0 Å². The molecule has 2 rings (SSSR count). The Balaban J connectivity index is 2.35. The lowest BCUT2D eigenvalue weighted by Gasteiger charge is -2.41. The molecule has 0 saturated heterocycles. The largest absolute Gasteiger partial charge is 0.306 e. The molecule has 0 aliphatic heterocycles. The van der Waals surface area contributed by atoms with Crippen molar-refractivity contribution in [3.05, 3.63) is 34.9 Å². The van der Waals surface area contributed by atoms with Gasteiger partial charge >= 0.3 is 0 Å². The van der Waals surface area contributed by atoms with E-state index in [-0.39, 0.29) is 5.41 Å². The number of rotatable bonds is 2. The SMILES string of the molecule is CCNCC#Cc1ccc2c(c1)C(C)(C)CCC2(C)C. The molecular weight excluding hydrogens is 242 g/mol. The molecule has 1 aromatic carbocycles. The highest BCUT2D eigenvalue weighted by molar-refractivity contribution is 5.48. The number of hydrogen-bond donors (Lipinski definition) is 1. The average molecular weight is 269 g/mol. The van der Waals surface area contributed by atoms with Crippen molar-refractivity contribution in [1.29, 1.82) is 0 Å². The van der Waals surface area contributed by atoms with Crippen LogP contribution >= 0.6 is 0 Å². The van der Waals surface area contributed by atoms with Crippen LogP contribution < -0.4 is 5.32 Å². The highest BCUT2D eigenvalue weighted by Crippen LogP contribution is 2.45. The van der Waals surface area contributed by atoms with Crippen molar-refractivity contribution in [2.75, 3.05) is 13.1 Å². The van der Waals surface area contributed by atoms with E-state index in [1.54, 1.807) is 0 Å². The zero-order valence-corrected chi connectivity index (χ0v) is 13.6. The second-order valence-electron chi connectivity index (χ2n) is 7.11. The molecule has 0 atom stereocenters. The van der Waals surface area contributed by atoms with E-state index in [2.05, 4.69) is 70.0 Å². The summed E-state index contributed by atoms with van der Waals surface area (Å²) in [5.41, 5.74) is 4.70. The van der Waals surface area contributed by atoms with Crippen LogP contribution in [0.2, 0.25) is 0 Å². The molecule has 0 amide bonds. The van der Waals surface area contributed by atoms with Gasteiger partial charge in [0.1, 0.15) is 0 Å². The van der Waals surface area contributed by atoms with E-state index in [0.29, 0.717) is 5.41 Å². The van der Waals surface area contributed by atoms with Gasteiger partial charge < -0.3 is 5.32 Å². The normalized spacial score (nSPS) is 18.9. The molecule has 0 unspecified atom stereocenters. The fourth-order valence-corrected chi connectivity index (χ4v) is 3.00. The average Bonchev–Trinajstić information content (AvgIpc) is 2.40. The van der Waals surface area contributed by atoms with Crippen molar-refractivity contribution in [3.8, 4) is 11.8 Å². The van der Waals surface area contributed by atoms with Gasteiger partial charge in [-0.05, 0) is 53.5 Å². The molecule has 1 heteroatoms. The monoisotopic (exact) mass is 269 g/mol. The number of fused-ring (bicyclic) bond motifs is 1. The topological polar surface area (TPSA) is 12.0 Å². The fourth-order valence-electron chi connectivity index (χ4n) is 3.00. The molecule has 0 spiro atoms. The van der Waals surface area contributed by atoms with Crippen LogP contribution in [0.4, 0.5) is 0 Å². The lowest BCUT2D eigenvalue weighted by molar-refractivity contribution is 0.332. The minimum absolute atomic E-state index is 0.268. The van der Waals surface area contributed by atoms with Crippen molar-refractivity contribution in [3.63, 3.8) is 0 Å². The summed E-state index contributed by atoms with van der Waals surface area (Å²) in [5.74, 6) is 6.48. The molecule has 0 bridgehead atoms. The first-order valence-electron chi connectivity index (χ1n) is 7.71. The fraction of sp³-hybridized carbons (Fsp3) is 0.579. The summed E-state index contributed by atoms with van der Waals surface area (Å²) in [7, 11) is 0. The summed E-state index contributed by atoms with van der Waals surface area (Å²) >= 11 is 0. The second-order valence-corrected chi connectivity index (χ2v) is 7.11. The smallest absolute Gasteiger partial charge is 0.0580 e. The first-order valence-corrected chi connectivity index (χ1v) is 7.71. The van der Waals surface area contributed by atoms with Gasteiger partial charge in [-0.1, -0.05) is 52.5 Å². The van der Waals surface area contributed by atoms with Crippen LogP contribution in [-0.2, 0) is 10.8 Å². The Hall–Kier alpha value is -1.26. The maximum Gasteiger partial charge on any atom is 0.0580 e. The number of benzene rings is 1. The molecule has 1 nitrogen and oxygen atoms in total. The minimum Gasteiger partial charge on any atom is -0.306 e. The Morgan fingerprint density at radius 1 is 1.05 bits per heavy atom. The molecular formula is C19H27N. The van der Waals surface area contributed by atoms with Gasteiger partial charge in [0.2, 0.25) is 0 Å². The maximum atomic E-state index is 3.28. The number of hydrogen-bond acceptors (Lipinski definition) is 1. The van der Waals surface area contributed by atoms with Crippen molar-refractivity contribution in [2.45, 2.75) is 58.3 Å². The Labute approximate surface area is 124 Å². The van der Waals surface area contributed by atoms with Gasteiger partial charge in [0.15, 0.2) is 0 Å². The molecule has 0 aromatic heterocycles. The van der Waals surface area contributed by atoms with Crippen molar-refractivity contribution >= 4 is 0 Å². The van der Waals surface area contributed by atoms with E-state index >= 15 is 0 Å². The lowest BCUT2D eigenvalue weighted by Crippen LogP contribution is -2.33. The van der Waals surface area contributed by atoms with Gasteiger partial charge in [0.05, 0.1) is 6.54 Å². The minimum atomic E-state index is 0.268. The van der Waals surface area contributed by atoms with E-state index in [9.17, 15) is 0 Å². The van der Waals surface area contributed by atoms with Crippen LogP contribution in [0, 0.1) is 11.8 Å². The van der Waals surface area contributed by atoms with Crippen LogP contribution in [0.5, 0.6) is 0 Å². The van der Waals surface area contributed by atoms with E-state index in [1.807, 2.05) is 0 Å². The molecule has 20 heavy (non-hydrogen) atoms. The Kier molecular flexibility index (Phi) is 4.25. The highest BCUT2D eigenvalue weighted by atomic mass is 14.8. The summed E-state index contributed by atoms with van der Waals surface area (Å²) in [6.45, 7) is 13.3. The second kappa shape index (κ2) is 5.62. The Morgan fingerprint density at radius 2 is 1.70 bits per heavy atom. The molecule has 0 saturated carbocycles. The summed E-state index contributed by atoms with van der Waals surface area (Å²) in [4.78, 5) is 0. The third kappa shape index (κ3) is 3.07. The summed E-state index contributed by atoms with van der Waals surface area (Å²) in [6.07, 6.45) is 2.51. The molecule has 108 valence electrons. The highest BCUT2D eigenvalue weighted by Gasteiger charge is 2.36. The maximum absolute atomic E-state index is 3.28. The molecule has 1 aliphatic carbocycles. The molecule has 1 aromatic rings. The van der Waals surface area contributed by atoms with Crippen LogP contribution in [0.1, 0.15) is 64.2 Å². The van der Waals surface area contributed by atoms with Crippen LogP contribution in [0.15, 0.2) is 18.2 Å². The molecule has 0 radical (unpaired) electrons. The zero-order chi connectivity index (χ0) is 14.8. The van der Waals surface area contributed by atoms with Gasteiger partial charge in [0, 0.05) is 5.56 Å². The number of nitrogens with one attached hydrogen (secondary N) is 1. The predicted octanol–water partition coefficient (Wildman–Crippen LogP) is 4.00. The Morgan fingerprint density at radius 3 is 2.35 bits per heavy atom. The predicted molar refractivity (Wildman–Crippen MR) is 87.1 cm³/mol. The van der Waals surface area contributed by atoms with Gasteiger partial charge in [-0.3, -0.25) is 0 Å². The van der Waals surface area contributed by atoms with Crippen molar-refractivity contribution in [2.24, 2.45) is 0 Å². The van der Waals surface area contributed by atoms with E-state index < -0.39 is 0 Å². The quantitative estimate of drug-likeness (QED) is 0.632. The van der Waals surface area contributed by atoms with Gasteiger partial charge in [-0.2, -0.15) is 0 Å². The Bertz CT molecular complexity index is 541. The van der Waals surface area contributed by atoms with Gasteiger partial charge in [0.25, 0.3) is 0 Å². The zero-order valence-electron chi connectivity index (χ0n) is 13.6. The molecule has 1 N–H and O–H groups in total. The third-order valence-electron chi connectivity index (χ3n) is 4.55. The van der Waals surface area contributed by atoms with Gasteiger partial charge in [-0.25, -0.2) is 0 Å². The lowest BCUT2D eigenvalue weighted by atomic mass is 9.63. The van der Waals surface area contributed by atoms with Crippen molar-refractivity contribution < 1.29 is 0 Å². The summed E-state index contributed by atoms with van der Waals surface area (Å²) in [5, 5.41) is 3.24. The summed E-state index contributed by atoms with van der Waals surface area (Å²) in [6, 6.07) is 6.80. The van der Waals surface area contributed by atoms with Crippen LogP contribution in [0.3, 0.4) is 0 Å². The standard InChI is InChI=1S/C19H27N/c1-6-20-13-7-8-15-9-10-16-17(14-15)19(4,5)12-11-18(16,2)3/h9-10,14,20H,6,11-13H2,1-5H3. The van der Waals surface area contributed by atoms with Crippen LogP contribution in [0.25, 0.3) is 0 Å². The van der Waals surface area contributed by atoms with Crippen molar-refractivity contribution in [1.82, 2.24) is 5.32 Å². The molecule has 0 heterocycles. The van der Waals surface area contributed by atoms with Gasteiger partial charge in [-0.15, -0.1) is 0 Å². The van der Waals surface area contributed by atoms with E-state index in [0.717, 1.165) is 18.7 Å².